The smallest absolute Gasteiger partial charge is 0.256 e. The van der Waals surface area contributed by atoms with E-state index in [0.717, 1.165) is 33.4 Å². The van der Waals surface area contributed by atoms with E-state index < -0.39 is 0 Å². The van der Waals surface area contributed by atoms with Crippen LogP contribution in [-0.2, 0) is 11.2 Å². The number of H-pyrrole nitrogens is 1. The lowest BCUT2D eigenvalue weighted by molar-refractivity contribution is -0.110. The van der Waals surface area contributed by atoms with Gasteiger partial charge in [0.1, 0.15) is 0 Å². The van der Waals surface area contributed by atoms with Crippen molar-refractivity contribution >= 4 is 45.1 Å². The summed E-state index contributed by atoms with van der Waals surface area (Å²) in [5, 5.41) is 5.67. The van der Waals surface area contributed by atoms with Gasteiger partial charge in [-0.2, -0.15) is 0 Å². The van der Waals surface area contributed by atoms with Crippen molar-refractivity contribution in [3.05, 3.63) is 51.3 Å². The molecule has 4 rings (SSSR count). The van der Waals surface area contributed by atoms with Crippen molar-refractivity contribution in [3.8, 4) is 0 Å². The number of nitrogens with one attached hydrogen (secondary N) is 3. The minimum atomic E-state index is -0.128. The fraction of sp³-hybridized carbons (Fsp3) is 0.125. The molecule has 5 nitrogen and oxygen atoms in total. The highest BCUT2D eigenvalue weighted by Crippen LogP contribution is 2.35. The summed E-state index contributed by atoms with van der Waals surface area (Å²) in [5.74, 6) is -0.195. The number of fused-ring (bicyclic) bond motifs is 2. The van der Waals surface area contributed by atoms with Gasteiger partial charge in [-0.15, -0.1) is 0 Å². The van der Waals surface area contributed by atoms with Crippen molar-refractivity contribution in [1.82, 2.24) is 10.3 Å². The summed E-state index contributed by atoms with van der Waals surface area (Å²) < 4.78 is 0.918. The van der Waals surface area contributed by atoms with Crippen molar-refractivity contribution < 1.29 is 9.59 Å². The molecule has 0 spiro atoms. The number of hydrogen-bond donors (Lipinski definition) is 3. The number of carbonyl (C=O) groups excluding carboxylic acids is 2. The number of anilines is 1. The van der Waals surface area contributed by atoms with Crippen LogP contribution in [0.4, 0.5) is 5.69 Å². The first-order chi connectivity index (χ1) is 10.6. The molecule has 3 heterocycles. The first kappa shape index (κ1) is 13.3. The number of amides is 2. The van der Waals surface area contributed by atoms with Gasteiger partial charge in [0.05, 0.1) is 16.8 Å². The third kappa shape index (κ3) is 1.99. The highest BCUT2D eigenvalue weighted by molar-refractivity contribution is 9.10. The molecule has 2 aliphatic rings. The summed E-state index contributed by atoms with van der Waals surface area (Å²) in [6.45, 7) is 0.621. The van der Waals surface area contributed by atoms with Gasteiger partial charge in [-0.25, -0.2) is 0 Å². The molecule has 0 bridgehead atoms. The van der Waals surface area contributed by atoms with Crippen LogP contribution in [0.5, 0.6) is 0 Å². The van der Waals surface area contributed by atoms with Crippen molar-refractivity contribution in [2.75, 3.05) is 11.9 Å². The number of rotatable bonds is 1. The second-order valence-electron chi connectivity index (χ2n) is 5.30. The summed E-state index contributed by atoms with van der Waals surface area (Å²) in [6, 6.07) is 5.70. The summed E-state index contributed by atoms with van der Waals surface area (Å²) in [4.78, 5) is 27.1. The zero-order chi connectivity index (χ0) is 15.3. The third-order valence-corrected chi connectivity index (χ3v) is 4.47. The van der Waals surface area contributed by atoms with Crippen molar-refractivity contribution in [3.63, 3.8) is 0 Å². The second kappa shape index (κ2) is 4.84. The number of benzene rings is 1. The van der Waals surface area contributed by atoms with Crippen LogP contribution in [-0.4, -0.2) is 23.3 Å². The summed E-state index contributed by atoms with van der Waals surface area (Å²) in [6.07, 6.45) is 4.29. The molecular weight excluding hydrogens is 346 g/mol. The van der Waals surface area contributed by atoms with Gasteiger partial charge in [-0.1, -0.05) is 22.0 Å². The fourth-order valence-electron chi connectivity index (χ4n) is 2.92. The maximum atomic E-state index is 12.2. The van der Waals surface area contributed by atoms with Crippen LogP contribution in [0.25, 0.3) is 11.6 Å². The lowest BCUT2D eigenvalue weighted by atomic mass is 10.00. The monoisotopic (exact) mass is 357 g/mol. The molecule has 1 aromatic heterocycles. The predicted octanol–water partition coefficient (Wildman–Crippen LogP) is 2.56. The molecule has 110 valence electrons. The number of carbonyl (C=O) groups is 2. The van der Waals surface area contributed by atoms with E-state index in [1.54, 1.807) is 6.20 Å². The molecule has 0 saturated heterocycles. The molecule has 0 atom stereocenters. The first-order valence-corrected chi connectivity index (χ1v) is 7.74. The molecule has 0 saturated carbocycles. The van der Waals surface area contributed by atoms with E-state index in [4.69, 9.17) is 0 Å². The normalized spacial score (nSPS) is 18.0. The van der Waals surface area contributed by atoms with Crippen LogP contribution >= 0.6 is 15.9 Å². The Labute approximate surface area is 134 Å². The van der Waals surface area contributed by atoms with Gasteiger partial charge in [0, 0.05) is 28.5 Å². The number of aromatic amines is 1. The fourth-order valence-corrected chi connectivity index (χ4v) is 3.28. The van der Waals surface area contributed by atoms with E-state index in [1.807, 2.05) is 24.3 Å². The number of halogens is 1. The average Bonchev–Trinajstić information content (AvgIpc) is 3.02. The topological polar surface area (TPSA) is 74.0 Å². The maximum absolute atomic E-state index is 12.2. The van der Waals surface area contributed by atoms with E-state index >= 15 is 0 Å². The van der Waals surface area contributed by atoms with Crippen LogP contribution < -0.4 is 10.6 Å². The molecule has 1 aromatic carbocycles. The summed E-state index contributed by atoms with van der Waals surface area (Å²) >= 11 is 3.40. The largest absolute Gasteiger partial charge is 0.361 e. The van der Waals surface area contributed by atoms with Gasteiger partial charge in [0.15, 0.2) is 0 Å². The van der Waals surface area contributed by atoms with Gasteiger partial charge < -0.3 is 15.6 Å². The SMILES string of the molecule is O=C1Nc2cc(Br)ccc2/C1=C/c1[nH]cc2c1CCNC2=O. The Hall–Kier alpha value is -2.34. The molecule has 0 unspecified atom stereocenters. The maximum Gasteiger partial charge on any atom is 0.256 e. The van der Waals surface area contributed by atoms with E-state index in [9.17, 15) is 9.59 Å². The average molecular weight is 358 g/mol. The standard InChI is InChI=1S/C16H12BrN3O2/c17-8-1-2-9-11(16(22)20-14(9)5-8)6-13-10-3-4-18-15(21)12(10)7-19-13/h1-2,5-7,19H,3-4H2,(H,18,21)(H,20,22)/b11-6-. The molecule has 2 aliphatic heterocycles. The Morgan fingerprint density at radius 2 is 2.00 bits per heavy atom. The zero-order valence-electron chi connectivity index (χ0n) is 11.5. The first-order valence-electron chi connectivity index (χ1n) is 6.95. The second-order valence-corrected chi connectivity index (χ2v) is 6.22. The Morgan fingerprint density at radius 3 is 2.86 bits per heavy atom. The van der Waals surface area contributed by atoms with Crippen LogP contribution in [0.2, 0.25) is 0 Å². The summed E-state index contributed by atoms with van der Waals surface area (Å²) in [7, 11) is 0. The minimum Gasteiger partial charge on any atom is -0.361 e. The lowest BCUT2D eigenvalue weighted by Gasteiger charge is -2.12. The van der Waals surface area contributed by atoms with Crippen molar-refractivity contribution in [1.29, 1.82) is 0 Å². The highest BCUT2D eigenvalue weighted by Gasteiger charge is 2.26. The molecule has 0 fully saturated rings. The number of hydrogen-bond acceptors (Lipinski definition) is 2. The van der Waals surface area contributed by atoms with Crippen LogP contribution in [0.15, 0.2) is 28.9 Å². The molecule has 0 aliphatic carbocycles. The molecule has 3 N–H and O–H groups in total. The molecular formula is C16H12BrN3O2. The summed E-state index contributed by atoms with van der Waals surface area (Å²) in [5.41, 5.74) is 4.73. The quantitative estimate of drug-likeness (QED) is 0.686. The van der Waals surface area contributed by atoms with Gasteiger partial charge in [-0.3, -0.25) is 9.59 Å². The minimum absolute atomic E-state index is 0.0673. The van der Waals surface area contributed by atoms with Crippen molar-refractivity contribution in [2.45, 2.75) is 6.42 Å². The Bertz CT molecular complexity index is 851. The van der Waals surface area contributed by atoms with E-state index in [0.29, 0.717) is 17.7 Å². The van der Waals surface area contributed by atoms with Crippen molar-refractivity contribution in [2.24, 2.45) is 0 Å². The highest BCUT2D eigenvalue weighted by atomic mass is 79.9. The molecule has 22 heavy (non-hydrogen) atoms. The molecule has 6 heteroatoms. The van der Waals surface area contributed by atoms with Crippen LogP contribution in [0.1, 0.15) is 27.2 Å². The Morgan fingerprint density at radius 1 is 1.14 bits per heavy atom. The Balaban J connectivity index is 1.82. The molecule has 2 amide bonds. The number of aromatic nitrogens is 1. The van der Waals surface area contributed by atoms with Gasteiger partial charge in [-0.05, 0) is 30.2 Å². The van der Waals surface area contributed by atoms with Crippen LogP contribution in [0, 0.1) is 0 Å². The van der Waals surface area contributed by atoms with E-state index in [2.05, 4.69) is 31.5 Å². The van der Waals surface area contributed by atoms with Crippen LogP contribution in [0.3, 0.4) is 0 Å². The van der Waals surface area contributed by atoms with Gasteiger partial charge >= 0.3 is 0 Å². The van der Waals surface area contributed by atoms with Gasteiger partial charge in [0.2, 0.25) is 0 Å². The molecule has 0 radical (unpaired) electrons. The zero-order valence-corrected chi connectivity index (χ0v) is 13.1. The molecule has 2 aromatic rings. The predicted molar refractivity (Wildman–Crippen MR) is 87.5 cm³/mol. The Kier molecular flexibility index (Phi) is 2.94. The van der Waals surface area contributed by atoms with Gasteiger partial charge in [0.25, 0.3) is 11.8 Å². The third-order valence-electron chi connectivity index (χ3n) is 3.98. The van der Waals surface area contributed by atoms with E-state index in [1.165, 1.54) is 0 Å². The lowest BCUT2D eigenvalue weighted by Crippen LogP contribution is -2.31. The van der Waals surface area contributed by atoms with E-state index in [-0.39, 0.29) is 11.8 Å².